The number of thiazole rings is 1. The first-order valence-corrected chi connectivity index (χ1v) is 9.36. The first kappa shape index (κ1) is 18.0. The van der Waals surface area contributed by atoms with Gasteiger partial charge in [-0.25, -0.2) is 13.8 Å². The summed E-state index contributed by atoms with van der Waals surface area (Å²) in [6.07, 6.45) is 0. The first-order valence-electron chi connectivity index (χ1n) is 8.48. The number of amides is 1. The van der Waals surface area contributed by atoms with Crippen LogP contribution >= 0.6 is 11.3 Å². The quantitative estimate of drug-likeness (QED) is 0.462. The Morgan fingerprint density at radius 3 is 2.36 bits per heavy atom. The lowest BCUT2D eigenvalue weighted by molar-refractivity contribution is 0.102. The van der Waals surface area contributed by atoms with Gasteiger partial charge in [0.05, 0.1) is 11.3 Å². The van der Waals surface area contributed by atoms with E-state index in [1.807, 2.05) is 47.8 Å². The van der Waals surface area contributed by atoms with Crippen LogP contribution in [0.3, 0.4) is 0 Å². The van der Waals surface area contributed by atoms with Gasteiger partial charge in [0.15, 0.2) is 0 Å². The number of halogens is 2. The molecule has 3 nitrogen and oxygen atoms in total. The third-order valence-corrected chi connectivity index (χ3v) is 5.03. The van der Waals surface area contributed by atoms with Crippen LogP contribution in [-0.2, 0) is 0 Å². The number of anilines is 1. The van der Waals surface area contributed by atoms with E-state index in [1.54, 1.807) is 23.5 Å². The van der Waals surface area contributed by atoms with Gasteiger partial charge in [0.1, 0.15) is 16.6 Å². The van der Waals surface area contributed by atoms with Gasteiger partial charge < -0.3 is 5.32 Å². The second-order valence-electron chi connectivity index (χ2n) is 6.06. The van der Waals surface area contributed by atoms with E-state index in [0.29, 0.717) is 11.8 Å². The minimum absolute atomic E-state index is 0.211. The maximum Gasteiger partial charge on any atom is 0.258 e. The van der Waals surface area contributed by atoms with Crippen molar-refractivity contribution in [3.8, 4) is 21.8 Å². The van der Waals surface area contributed by atoms with Gasteiger partial charge in [0, 0.05) is 28.3 Å². The van der Waals surface area contributed by atoms with Gasteiger partial charge in [-0.15, -0.1) is 11.3 Å². The lowest BCUT2D eigenvalue weighted by atomic mass is 10.1. The van der Waals surface area contributed by atoms with Gasteiger partial charge >= 0.3 is 0 Å². The van der Waals surface area contributed by atoms with Crippen LogP contribution in [0.1, 0.15) is 10.4 Å². The third kappa shape index (κ3) is 3.82. The first-order chi connectivity index (χ1) is 13.6. The number of aromatic nitrogens is 1. The molecule has 0 unspecified atom stereocenters. The molecular formula is C22H14F2N2OS. The molecule has 0 aliphatic rings. The van der Waals surface area contributed by atoms with E-state index < -0.39 is 17.5 Å². The van der Waals surface area contributed by atoms with Gasteiger partial charge in [-0.1, -0.05) is 42.5 Å². The Kier molecular flexibility index (Phi) is 4.95. The predicted molar refractivity (Wildman–Crippen MR) is 107 cm³/mol. The van der Waals surface area contributed by atoms with Crippen molar-refractivity contribution in [3.63, 3.8) is 0 Å². The summed E-state index contributed by atoms with van der Waals surface area (Å²) in [4.78, 5) is 16.8. The number of benzene rings is 3. The number of hydrogen-bond donors (Lipinski definition) is 1. The van der Waals surface area contributed by atoms with Gasteiger partial charge in [-0.05, 0) is 24.3 Å². The van der Waals surface area contributed by atoms with Crippen molar-refractivity contribution in [2.75, 3.05) is 5.32 Å². The van der Waals surface area contributed by atoms with E-state index in [4.69, 9.17) is 0 Å². The third-order valence-electron chi connectivity index (χ3n) is 4.14. The largest absolute Gasteiger partial charge is 0.322 e. The van der Waals surface area contributed by atoms with E-state index in [0.717, 1.165) is 34.0 Å². The van der Waals surface area contributed by atoms with Crippen LogP contribution in [0, 0.1) is 11.6 Å². The van der Waals surface area contributed by atoms with E-state index in [2.05, 4.69) is 10.3 Å². The summed E-state index contributed by atoms with van der Waals surface area (Å²) in [7, 11) is 0. The van der Waals surface area contributed by atoms with Gasteiger partial charge in [0.25, 0.3) is 5.91 Å². The fourth-order valence-electron chi connectivity index (χ4n) is 2.72. The molecular weight excluding hydrogens is 378 g/mol. The molecule has 6 heteroatoms. The number of rotatable bonds is 4. The number of carbonyl (C=O) groups excluding carboxylic acids is 1. The molecule has 0 saturated heterocycles. The lowest BCUT2D eigenvalue weighted by Crippen LogP contribution is -2.13. The highest BCUT2D eigenvalue weighted by molar-refractivity contribution is 7.13. The molecule has 1 heterocycles. The SMILES string of the molecule is O=C(Nc1ccc(-c2csc(-c3ccccc3)n2)cc1)c1ccc(F)cc1F. The van der Waals surface area contributed by atoms with E-state index in [1.165, 1.54) is 0 Å². The van der Waals surface area contributed by atoms with Crippen LogP contribution in [0.15, 0.2) is 78.2 Å². The van der Waals surface area contributed by atoms with Crippen LogP contribution in [0.5, 0.6) is 0 Å². The number of nitrogens with one attached hydrogen (secondary N) is 1. The van der Waals surface area contributed by atoms with Crippen LogP contribution in [0.25, 0.3) is 21.8 Å². The average Bonchev–Trinajstić information content (AvgIpc) is 3.19. The molecule has 1 N–H and O–H groups in total. The Morgan fingerprint density at radius 1 is 0.893 bits per heavy atom. The smallest absolute Gasteiger partial charge is 0.258 e. The molecule has 0 aliphatic heterocycles. The van der Waals surface area contributed by atoms with Gasteiger partial charge in [-0.2, -0.15) is 0 Å². The summed E-state index contributed by atoms with van der Waals surface area (Å²) in [6, 6.07) is 19.9. The molecule has 0 spiro atoms. The second-order valence-corrected chi connectivity index (χ2v) is 6.92. The van der Waals surface area contributed by atoms with Crippen molar-refractivity contribution in [1.82, 2.24) is 4.98 Å². The molecule has 1 amide bonds. The summed E-state index contributed by atoms with van der Waals surface area (Å²) in [5.41, 5.74) is 3.10. The summed E-state index contributed by atoms with van der Waals surface area (Å²) < 4.78 is 26.7. The van der Waals surface area contributed by atoms with E-state index in [9.17, 15) is 13.6 Å². The maximum absolute atomic E-state index is 13.7. The molecule has 3 aromatic carbocycles. The van der Waals surface area contributed by atoms with Crippen molar-refractivity contribution in [2.24, 2.45) is 0 Å². The Morgan fingerprint density at radius 2 is 1.64 bits per heavy atom. The van der Waals surface area contributed by atoms with Crippen molar-refractivity contribution in [1.29, 1.82) is 0 Å². The van der Waals surface area contributed by atoms with Crippen LogP contribution in [-0.4, -0.2) is 10.9 Å². The zero-order valence-corrected chi connectivity index (χ0v) is 15.3. The summed E-state index contributed by atoms with van der Waals surface area (Å²) >= 11 is 1.56. The molecule has 0 fully saturated rings. The minimum atomic E-state index is -0.898. The van der Waals surface area contributed by atoms with E-state index >= 15 is 0 Å². The van der Waals surface area contributed by atoms with Crippen LogP contribution in [0.2, 0.25) is 0 Å². The number of nitrogens with zero attached hydrogens (tertiary/aromatic N) is 1. The van der Waals surface area contributed by atoms with E-state index in [-0.39, 0.29) is 5.56 Å². The molecule has 0 bridgehead atoms. The van der Waals surface area contributed by atoms with Crippen LogP contribution < -0.4 is 5.32 Å². The Hall–Kier alpha value is -3.38. The normalized spacial score (nSPS) is 10.6. The Balaban J connectivity index is 1.50. The molecule has 0 saturated carbocycles. The highest BCUT2D eigenvalue weighted by atomic mass is 32.1. The van der Waals surface area contributed by atoms with Gasteiger partial charge in [-0.3, -0.25) is 4.79 Å². The highest BCUT2D eigenvalue weighted by Gasteiger charge is 2.13. The Bertz CT molecular complexity index is 1130. The van der Waals surface area contributed by atoms with Gasteiger partial charge in [0.2, 0.25) is 0 Å². The lowest BCUT2D eigenvalue weighted by Gasteiger charge is -2.07. The van der Waals surface area contributed by atoms with Crippen molar-refractivity contribution >= 4 is 22.9 Å². The molecule has 0 radical (unpaired) electrons. The standard InChI is InChI=1S/C22H14F2N2OS/c23-16-8-11-18(19(24)12-16)21(27)25-17-9-6-14(7-10-17)20-13-28-22(26-20)15-4-2-1-3-5-15/h1-13H,(H,25,27). The summed E-state index contributed by atoms with van der Waals surface area (Å²) in [5, 5.41) is 5.52. The zero-order chi connectivity index (χ0) is 19.5. The molecule has 138 valence electrons. The maximum atomic E-state index is 13.7. The number of hydrogen-bond acceptors (Lipinski definition) is 3. The minimum Gasteiger partial charge on any atom is -0.322 e. The summed E-state index contributed by atoms with van der Waals surface area (Å²) in [5.74, 6) is -2.26. The monoisotopic (exact) mass is 392 g/mol. The molecule has 0 aliphatic carbocycles. The fraction of sp³-hybridized carbons (Fsp3) is 0. The Labute approximate surface area is 164 Å². The highest BCUT2D eigenvalue weighted by Crippen LogP contribution is 2.29. The molecule has 4 rings (SSSR count). The molecule has 4 aromatic rings. The topological polar surface area (TPSA) is 42.0 Å². The second kappa shape index (κ2) is 7.70. The van der Waals surface area contributed by atoms with Crippen molar-refractivity contribution in [3.05, 3.63) is 95.4 Å². The average molecular weight is 392 g/mol. The molecule has 1 aromatic heterocycles. The summed E-state index contributed by atoms with van der Waals surface area (Å²) in [6.45, 7) is 0. The van der Waals surface area contributed by atoms with Crippen molar-refractivity contribution < 1.29 is 13.6 Å². The zero-order valence-electron chi connectivity index (χ0n) is 14.5. The number of carbonyl (C=O) groups is 1. The molecule has 0 atom stereocenters. The van der Waals surface area contributed by atoms with Crippen molar-refractivity contribution in [2.45, 2.75) is 0 Å². The van der Waals surface area contributed by atoms with Crippen LogP contribution in [0.4, 0.5) is 14.5 Å². The molecule has 28 heavy (non-hydrogen) atoms. The fourth-order valence-corrected chi connectivity index (χ4v) is 3.55. The predicted octanol–water partition coefficient (Wildman–Crippen LogP) is 6.01.